The van der Waals surface area contributed by atoms with E-state index < -0.39 is 24.8 Å². The number of rotatable bonds is 6. The number of nitrogens with one attached hydrogen (secondary N) is 1. The summed E-state index contributed by atoms with van der Waals surface area (Å²) in [5, 5.41) is 12.3. The van der Waals surface area contributed by atoms with E-state index >= 15 is 0 Å². The van der Waals surface area contributed by atoms with Crippen molar-refractivity contribution in [1.29, 1.82) is 0 Å². The second-order valence-electron chi connectivity index (χ2n) is 6.98. The third-order valence-corrected chi connectivity index (χ3v) is 5.04. The van der Waals surface area contributed by atoms with Gasteiger partial charge in [0.05, 0.1) is 12.2 Å². The van der Waals surface area contributed by atoms with Crippen LogP contribution in [0.1, 0.15) is 34.6 Å². The standard InChI is InChI=1S/C21H24F3N3O2/c1-3-26(10-11-28)15-8-9-16(14(2)12-15)19-25-18-7-5-4-6-17(18)20(29)27(19)13-21(22,23)24/h4-9,12,19,25,28H,3,10-11,13H2,1-2H3/t19-/m1/s1. The highest BCUT2D eigenvalue weighted by atomic mass is 19.4. The van der Waals surface area contributed by atoms with Gasteiger partial charge in [0.2, 0.25) is 0 Å². The topological polar surface area (TPSA) is 55.8 Å². The average molecular weight is 407 g/mol. The molecule has 29 heavy (non-hydrogen) atoms. The number of alkyl halides is 3. The number of carbonyl (C=O) groups is 1. The van der Waals surface area contributed by atoms with Crippen LogP contribution in [-0.4, -0.2) is 48.3 Å². The maximum absolute atomic E-state index is 13.2. The molecule has 0 aromatic heterocycles. The maximum Gasteiger partial charge on any atom is 0.406 e. The number of amides is 1. The maximum atomic E-state index is 13.2. The molecule has 0 saturated heterocycles. The lowest BCUT2D eigenvalue weighted by molar-refractivity contribution is -0.144. The summed E-state index contributed by atoms with van der Waals surface area (Å²) in [5.74, 6) is -0.652. The summed E-state index contributed by atoms with van der Waals surface area (Å²) in [6.07, 6.45) is -5.45. The van der Waals surface area contributed by atoms with Gasteiger partial charge in [0.15, 0.2) is 0 Å². The van der Waals surface area contributed by atoms with E-state index in [9.17, 15) is 23.1 Å². The Bertz CT molecular complexity index is 886. The van der Waals surface area contributed by atoms with Crippen molar-refractivity contribution in [3.05, 3.63) is 59.2 Å². The van der Waals surface area contributed by atoms with Gasteiger partial charge in [-0.25, -0.2) is 0 Å². The number of aliphatic hydroxyl groups is 1. The number of para-hydroxylation sites is 1. The number of halogens is 3. The Morgan fingerprint density at radius 2 is 1.93 bits per heavy atom. The molecule has 2 aromatic rings. The molecule has 0 unspecified atom stereocenters. The molecule has 1 atom stereocenters. The van der Waals surface area contributed by atoms with Crippen LogP contribution in [0.4, 0.5) is 24.5 Å². The predicted octanol–water partition coefficient (Wildman–Crippen LogP) is 3.94. The van der Waals surface area contributed by atoms with Crippen LogP contribution >= 0.6 is 0 Å². The van der Waals surface area contributed by atoms with Gasteiger partial charge in [-0.05, 0) is 49.2 Å². The number of likely N-dealkylation sites (N-methyl/N-ethyl adjacent to an activating group) is 1. The van der Waals surface area contributed by atoms with Crippen molar-refractivity contribution in [1.82, 2.24) is 4.90 Å². The van der Waals surface area contributed by atoms with E-state index in [0.717, 1.165) is 16.2 Å². The molecular formula is C21H24F3N3O2. The number of aryl methyl sites for hydroxylation is 1. The van der Waals surface area contributed by atoms with Gasteiger partial charge in [-0.1, -0.05) is 18.2 Å². The number of hydrogen-bond acceptors (Lipinski definition) is 4. The molecule has 3 rings (SSSR count). The molecule has 8 heteroatoms. The summed E-state index contributed by atoms with van der Waals surface area (Å²) >= 11 is 0. The third kappa shape index (κ3) is 4.48. The fourth-order valence-corrected chi connectivity index (χ4v) is 3.65. The number of fused-ring (bicyclic) bond motifs is 1. The summed E-state index contributed by atoms with van der Waals surface area (Å²) < 4.78 is 39.7. The summed E-state index contributed by atoms with van der Waals surface area (Å²) in [6.45, 7) is 3.58. The average Bonchev–Trinajstić information content (AvgIpc) is 2.67. The first-order valence-electron chi connectivity index (χ1n) is 9.44. The molecule has 0 radical (unpaired) electrons. The van der Waals surface area contributed by atoms with Crippen LogP contribution in [0, 0.1) is 6.92 Å². The molecule has 156 valence electrons. The van der Waals surface area contributed by atoms with E-state index in [-0.39, 0.29) is 12.2 Å². The Labute approximate surface area is 167 Å². The minimum absolute atomic E-state index is 0.00344. The number of carbonyl (C=O) groups excluding carboxylic acids is 1. The smallest absolute Gasteiger partial charge is 0.395 e. The molecule has 0 saturated carbocycles. The molecule has 2 aromatic carbocycles. The van der Waals surface area contributed by atoms with E-state index in [1.807, 2.05) is 24.8 Å². The van der Waals surface area contributed by atoms with E-state index in [0.29, 0.717) is 24.3 Å². The lowest BCUT2D eigenvalue weighted by Crippen LogP contribution is -2.47. The van der Waals surface area contributed by atoms with Gasteiger partial charge in [0, 0.05) is 24.5 Å². The highest BCUT2D eigenvalue weighted by Gasteiger charge is 2.41. The van der Waals surface area contributed by atoms with Gasteiger partial charge in [-0.3, -0.25) is 4.79 Å². The number of hydrogen-bond donors (Lipinski definition) is 2. The highest BCUT2D eigenvalue weighted by molar-refractivity contribution is 6.01. The summed E-state index contributed by atoms with van der Waals surface area (Å²) in [4.78, 5) is 15.6. The molecule has 0 spiro atoms. The SMILES string of the molecule is CCN(CCO)c1ccc([C@@H]2Nc3ccccc3C(=O)N2CC(F)(F)F)c(C)c1. The Kier molecular flexibility index (Phi) is 6.02. The molecule has 0 aliphatic carbocycles. The first kappa shape index (κ1) is 21.0. The molecule has 0 bridgehead atoms. The zero-order chi connectivity index (χ0) is 21.2. The van der Waals surface area contributed by atoms with Crippen LogP contribution in [0.2, 0.25) is 0 Å². The molecular weight excluding hydrogens is 383 g/mol. The summed E-state index contributed by atoms with van der Waals surface area (Å²) in [6, 6.07) is 12.0. The van der Waals surface area contributed by atoms with Gasteiger partial charge in [0.1, 0.15) is 12.7 Å². The quantitative estimate of drug-likeness (QED) is 0.762. The van der Waals surface area contributed by atoms with Crippen molar-refractivity contribution in [2.45, 2.75) is 26.2 Å². The number of nitrogens with zero attached hydrogens (tertiary/aromatic N) is 2. The number of anilines is 2. The van der Waals surface area contributed by atoms with Crippen molar-refractivity contribution >= 4 is 17.3 Å². The molecule has 1 aliphatic rings. The highest BCUT2D eigenvalue weighted by Crippen LogP contribution is 2.37. The van der Waals surface area contributed by atoms with Crippen molar-refractivity contribution in [2.24, 2.45) is 0 Å². The Morgan fingerprint density at radius 3 is 2.55 bits per heavy atom. The Balaban J connectivity index is 2.01. The molecule has 1 amide bonds. The monoisotopic (exact) mass is 407 g/mol. The summed E-state index contributed by atoms with van der Waals surface area (Å²) in [5.41, 5.74) is 2.96. The largest absolute Gasteiger partial charge is 0.406 e. The first-order valence-corrected chi connectivity index (χ1v) is 9.44. The number of benzene rings is 2. The molecule has 1 heterocycles. The second-order valence-corrected chi connectivity index (χ2v) is 6.98. The van der Waals surface area contributed by atoms with Crippen LogP contribution < -0.4 is 10.2 Å². The fourth-order valence-electron chi connectivity index (χ4n) is 3.65. The lowest BCUT2D eigenvalue weighted by atomic mass is 9.99. The lowest BCUT2D eigenvalue weighted by Gasteiger charge is -2.39. The molecule has 0 fully saturated rings. The second kappa shape index (κ2) is 8.32. The van der Waals surface area contributed by atoms with E-state index in [1.54, 1.807) is 30.3 Å². The van der Waals surface area contributed by atoms with Crippen LogP contribution in [0.3, 0.4) is 0 Å². The van der Waals surface area contributed by atoms with Gasteiger partial charge >= 0.3 is 6.18 Å². The zero-order valence-electron chi connectivity index (χ0n) is 16.3. The van der Waals surface area contributed by atoms with Gasteiger partial charge < -0.3 is 20.2 Å². The summed E-state index contributed by atoms with van der Waals surface area (Å²) in [7, 11) is 0. The van der Waals surface area contributed by atoms with Crippen molar-refractivity contribution in [2.75, 3.05) is 36.5 Å². The first-order chi connectivity index (χ1) is 13.7. The van der Waals surface area contributed by atoms with Gasteiger partial charge in [-0.15, -0.1) is 0 Å². The normalized spacial score (nSPS) is 16.4. The minimum Gasteiger partial charge on any atom is -0.395 e. The van der Waals surface area contributed by atoms with E-state index in [2.05, 4.69) is 5.32 Å². The van der Waals surface area contributed by atoms with E-state index in [4.69, 9.17) is 0 Å². The van der Waals surface area contributed by atoms with Crippen LogP contribution in [-0.2, 0) is 0 Å². The van der Waals surface area contributed by atoms with E-state index in [1.165, 1.54) is 6.07 Å². The Morgan fingerprint density at radius 1 is 1.21 bits per heavy atom. The fraction of sp³-hybridized carbons (Fsp3) is 0.381. The third-order valence-electron chi connectivity index (χ3n) is 5.04. The van der Waals surface area contributed by atoms with Crippen LogP contribution in [0.15, 0.2) is 42.5 Å². The minimum atomic E-state index is -4.52. The van der Waals surface area contributed by atoms with Crippen molar-refractivity contribution in [3.8, 4) is 0 Å². The molecule has 5 nitrogen and oxygen atoms in total. The van der Waals surface area contributed by atoms with Crippen molar-refractivity contribution in [3.63, 3.8) is 0 Å². The van der Waals surface area contributed by atoms with Gasteiger partial charge in [0.25, 0.3) is 5.91 Å². The van der Waals surface area contributed by atoms with Crippen LogP contribution in [0.25, 0.3) is 0 Å². The number of aliphatic hydroxyl groups excluding tert-OH is 1. The molecule has 2 N–H and O–H groups in total. The van der Waals surface area contributed by atoms with Crippen LogP contribution in [0.5, 0.6) is 0 Å². The van der Waals surface area contributed by atoms with Crippen molar-refractivity contribution < 1.29 is 23.1 Å². The van der Waals surface area contributed by atoms with Gasteiger partial charge in [-0.2, -0.15) is 13.2 Å². The zero-order valence-corrected chi connectivity index (χ0v) is 16.3. The Hall–Kier alpha value is -2.74. The molecule has 1 aliphatic heterocycles. The predicted molar refractivity (Wildman–Crippen MR) is 106 cm³/mol.